The third-order valence-corrected chi connectivity index (χ3v) is 5.70. The number of fused-ring (bicyclic) bond motifs is 1. The van der Waals surface area contributed by atoms with Crippen molar-refractivity contribution in [1.82, 2.24) is 19.7 Å². The number of imidazole rings is 1. The molecule has 1 N–H and O–H groups in total. The Kier molecular flexibility index (Phi) is 7.24. The van der Waals surface area contributed by atoms with Crippen molar-refractivity contribution in [2.45, 2.75) is 47.6 Å². The third-order valence-electron chi connectivity index (χ3n) is 5.70. The van der Waals surface area contributed by atoms with Crippen molar-refractivity contribution in [1.29, 1.82) is 0 Å². The lowest BCUT2D eigenvalue weighted by Gasteiger charge is -2.19. The smallest absolute Gasteiger partial charge is 0.336 e. The van der Waals surface area contributed by atoms with Gasteiger partial charge in [-0.1, -0.05) is 63.2 Å². The molecule has 0 aliphatic heterocycles. The van der Waals surface area contributed by atoms with Crippen LogP contribution in [0.4, 0.5) is 0 Å². The third kappa shape index (κ3) is 5.32. The lowest BCUT2D eigenvalue weighted by atomic mass is 9.92. The summed E-state index contributed by atoms with van der Waals surface area (Å²) >= 11 is 0. The number of nitrogens with zero attached hydrogens (tertiary/aromatic N) is 4. The van der Waals surface area contributed by atoms with E-state index in [9.17, 15) is 9.90 Å². The van der Waals surface area contributed by atoms with Gasteiger partial charge in [0, 0.05) is 13.0 Å². The standard InChI is InChI=1S/C28H32N4O4/c1-6-35-25-23-24(26(31-30-25)36-7-2)32(22(29-23)16-28(3,4)5)17-18-12-14-19(15-13-18)20-10-8-9-11-21(20)27(33)34/h8-15H,6-7,16-17H2,1-5H3,(H,33,34). The van der Waals surface area contributed by atoms with E-state index in [4.69, 9.17) is 14.5 Å². The van der Waals surface area contributed by atoms with Gasteiger partial charge in [0.05, 0.1) is 18.8 Å². The van der Waals surface area contributed by atoms with Gasteiger partial charge in [-0.25, -0.2) is 9.78 Å². The van der Waals surface area contributed by atoms with Crippen molar-refractivity contribution in [2.75, 3.05) is 13.2 Å². The first-order chi connectivity index (χ1) is 17.2. The van der Waals surface area contributed by atoms with Crippen LogP contribution in [0.25, 0.3) is 22.2 Å². The Morgan fingerprint density at radius 3 is 2.22 bits per heavy atom. The molecule has 0 radical (unpaired) electrons. The molecule has 0 fully saturated rings. The van der Waals surface area contributed by atoms with Gasteiger partial charge < -0.3 is 19.1 Å². The molecule has 4 aromatic rings. The number of aromatic nitrogens is 4. The van der Waals surface area contributed by atoms with Gasteiger partial charge in [0.25, 0.3) is 11.8 Å². The summed E-state index contributed by atoms with van der Waals surface area (Å²) in [5.41, 5.74) is 4.26. The van der Waals surface area contributed by atoms with Crippen LogP contribution in [0.15, 0.2) is 48.5 Å². The summed E-state index contributed by atoms with van der Waals surface area (Å²) in [6, 6.07) is 15.0. The fourth-order valence-corrected chi connectivity index (χ4v) is 4.19. The van der Waals surface area contributed by atoms with E-state index < -0.39 is 5.97 Å². The molecular weight excluding hydrogens is 456 g/mol. The van der Waals surface area contributed by atoms with Crippen LogP contribution in [-0.4, -0.2) is 44.0 Å². The van der Waals surface area contributed by atoms with Crippen molar-refractivity contribution in [3.05, 3.63) is 65.5 Å². The Morgan fingerprint density at radius 2 is 1.58 bits per heavy atom. The molecule has 188 valence electrons. The van der Waals surface area contributed by atoms with Crippen LogP contribution in [0.1, 0.15) is 56.4 Å². The van der Waals surface area contributed by atoms with Crippen molar-refractivity contribution in [2.24, 2.45) is 5.41 Å². The molecule has 0 saturated heterocycles. The Balaban J connectivity index is 1.80. The summed E-state index contributed by atoms with van der Waals surface area (Å²) in [5.74, 6) is 0.775. The van der Waals surface area contributed by atoms with Crippen LogP contribution in [0.5, 0.6) is 11.8 Å². The summed E-state index contributed by atoms with van der Waals surface area (Å²) < 4.78 is 13.7. The molecular formula is C28H32N4O4. The number of rotatable bonds is 9. The predicted octanol–water partition coefficient (Wildman–Crippen LogP) is 5.63. The van der Waals surface area contributed by atoms with Gasteiger partial charge in [-0.15, -0.1) is 10.2 Å². The lowest BCUT2D eigenvalue weighted by Crippen LogP contribution is -2.15. The van der Waals surface area contributed by atoms with E-state index in [-0.39, 0.29) is 11.0 Å². The highest BCUT2D eigenvalue weighted by Gasteiger charge is 2.24. The highest BCUT2D eigenvalue weighted by atomic mass is 16.5. The number of hydrogen-bond donors (Lipinski definition) is 1. The topological polar surface area (TPSA) is 99.4 Å². The Labute approximate surface area is 210 Å². The first-order valence-corrected chi connectivity index (χ1v) is 12.1. The largest absolute Gasteiger partial charge is 0.478 e. The van der Waals surface area contributed by atoms with Gasteiger partial charge in [-0.3, -0.25) is 0 Å². The monoisotopic (exact) mass is 488 g/mol. The molecule has 0 aliphatic rings. The van der Waals surface area contributed by atoms with Gasteiger partial charge in [-0.05, 0) is 42.0 Å². The zero-order chi connectivity index (χ0) is 25.9. The van der Waals surface area contributed by atoms with Crippen molar-refractivity contribution < 1.29 is 19.4 Å². The number of ether oxygens (including phenoxy) is 2. The fourth-order valence-electron chi connectivity index (χ4n) is 4.19. The van der Waals surface area contributed by atoms with Gasteiger partial charge >= 0.3 is 5.97 Å². The zero-order valence-corrected chi connectivity index (χ0v) is 21.4. The van der Waals surface area contributed by atoms with Crippen LogP contribution in [0.3, 0.4) is 0 Å². The van der Waals surface area contributed by atoms with Crippen molar-refractivity contribution in [3.63, 3.8) is 0 Å². The fraction of sp³-hybridized carbons (Fsp3) is 0.357. The molecule has 8 nitrogen and oxygen atoms in total. The number of carboxylic acid groups (broad SMARTS) is 1. The molecule has 0 atom stereocenters. The molecule has 0 bridgehead atoms. The van der Waals surface area contributed by atoms with Crippen LogP contribution < -0.4 is 9.47 Å². The zero-order valence-electron chi connectivity index (χ0n) is 21.4. The van der Waals surface area contributed by atoms with Crippen molar-refractivity contribution in [3.8, 4) is 22.9 Å². The number of carbonyl (C=O) groups is 1. The molecule has 2 heterocycles. The minimum absolute atomic E-state index is 0.00192. The van der Waals surface area contributed by atoms with Gasteiger partial charge in [-0.2, -0.15) is 0 Å². The van der Waals surface area contributed by atoms with E-state index in [1.807, 2.05) is 50.2 Å². The number of carboxylic acids is 1. The Hall–Kier alpha value is -3.94. The average Bonchev–Trinajstić information content (AvgIpc) is 3.18. The summed E-state index contributed by atoms with van der Waals surface area (Å²) in [6.07, 6.45) is 0.739. The quantitative estimate of drug-likeness (QED) is 0.326. The second-order valence-corrected chi connectivity index (χ2v) is 9.77. The maximum atomic E-state index is 11.7. The van der Waals surface area contributed by atoms with E-state index in [1.165, 1.54) is 0 Å². The molecule has 0 unspecified atom stereocenters. The number of benzene rings is 2. The summed E-state index contributed by atoms with van der Waals surface area (Å²) in [7, 11) is 0. The maximum Gasteiger partial charge on any atom is 0.336 e. The van der Waals surface area contributed by atoms with Crippen LogP contribution in [0.2, 0.25) is 0 Å². The lowest BCUT2D eigenvalue weighted by molar-refractivity contribution is 0.0697. The number of aromatic carboxylic acids is 1. The highest BCUT2D eigenvalue weighted by Crippen LogP contribution is 2.33. The molecule has 0 spiro atoms. The normalized spacial score (nSPS) is 11.6. The highest BCUT2D eigenvalue weighted by molar-refractivity contribution is 5.96. The molecule has 2 aromatic heterocycles. The molecule has 4 rings (SSSR count). The second-order valence-electron chi connectivity index (χ2n) is 9.77. The molecule has 0 aliphatic carbocycles. The molecule has 0 amide bonds. The number of hydrogen-bond acceptors (Lipinski definition) is 6. The Bertz CT molecular complexity index is 1370. The Morgan fingerprint density at radius 1 is 0.944 bits per heavy atom. The van der Waals surface area contributed by atoms with E-state index >= 15 is 0 Å². The summed E-state index contributed by atoms with van der Waals surface area (Å²) in [4.78, 5) is 16.6. The van der Waals surface area contributed by atoms with E-state index in [0.29, 0.717) is 42.6 Å². The average molecular weight is 489 g/mol. The van der Waals surface area contributed by atoms with Crippen LogP contribution >= 0.6 is 0 Å². The first-order valence-electron chi connectivity index (χ1n) is 12.1. The predicted molar refractivity (Wildman–Crippen MR) is 139 cm³/mol. The molecule has 8 heteroatoms. The minimum Gasteiger partial charge on any atom is -0.478 e. The maximum absolute atomic E-state index is 11.7. The SMILES string of the molecule is CCOc1nnc(OCC)c2c1nc(CC(C)(C)C)n2Cc1ccc(-c2ccccc2C(=O)O)cc1. The second kappa shape index (κ2) is 10.4. The van der Waals surface area contributed by atoms with Crippen LogP contribution in [0, 0.1) is 5.41 Å². The van der Waals surface area contributed by atoms with Gasteiger partial charge in [0.1, 0.15) is 11.3 Å². The minimum atomic E-state index is -0.943. The summed E-state index contributed by atoms with van der Waals surface area (Å²) in [5, 5.41) is 18.1. The summed E-state index contributed by atoms with van der Waals surface area (Å²) in [6.45, 7) is 11.8. The van der Waals surface area contributed by atoms with E-state index in [1.54, 1.807) is 12.1 Å². The van der Waals surface area contributed by atoms with E-state index in [2.05, 4.69) is 35.5 Å². The molecule has 0 saturated carbocycles. The molecule has 36 heavy (non-hydrogen) atoms. The first kappa shape index (κ1) is 25.2. The van der Waals surface area contributed by atoms with E-state index in [0.717, 1.165) is 28.9 Å². The van der Waals surface area contributed by atoms with Gasteiger partial charge in [0.2, 0.25) is 0 Å². The van der Waals surface area contributed by atoms with Crippen molar-refractivity contribution >= 4 is 17.0 Å². The van der Waals surface area contributed by atoms with Gasteiger partial charge in [0.15, 0.2) is 5.52 Å². The molecule has 2 aromatic carbocycles. The van der Waals surface area contributed by atoms with Crippen LogP contribution in [-0.2, 0) is 13.0 Å².